The predicted octanol–water partition coefficient (Wildman–Crippen LogP) is 5.14. The van der Waals surface area contributed by atoms with Gasteiger partial charge in [-0.1, -0.05) is 38.0 Å². The van der Waals surface area contributed by atoms with Gasteiger partial charge < -0.3 is 10.2 Å². The van der Waals surface area contributed by atoms with Gasteiger partial charge in [0.25, 0.3) is 11.8 Å². The first kappa shape index (κ1) is 19.2. The molecule has 2 heterocycles. The molecule has 0 spiro atoms. The molecule has 1 aromatic heterocycles. The molecule has 148 valence electrons. The second-order valence-electron chi connectivity index (χ2n) is 8.08. The van der Waals surface area contributed by atoms with Crippen LogP contribution in [0.25, 0.3) is 0 Å². The topological polar surface area (TPSA) is 49.4 Å². The Bertz CT molecular complexity index is 851. The summed E-state index contributed by atoms with van der Waals surface area (Å²) in [6.45, 7) is 3.92. The van der Waals surface area contributed by atoms with Crippen LogP contribution in [0.3, 0.4) is 0 Å². The van der Waals surface area contributed by atoms with Crippen molar-refractivity contribution in [3.8, 4) is 0 Å². The minimum Gasteiger partial charge on any atom is -0.339 e. The van der Waals surface area contributed by atoms with Gasteiger partial charge in [0.1, 0.15) is 5.00 Å². The van der Waals surface area contributed by atoms with Crippen LogP contribution in [0, 0.1) is 5.92 Å². The van der Waals surface area contributed by atoms with Gasteiger partial charge in [0.15, 0.2) is 0 Å². The van der Waals surface area contributed by atoms with Gasteiger partial charge in [-0.05, 0) is 55.7 Å². The van der Waals surface area contributed by atoms with Crippen molar-refractivity contribution in [1.82, 2.24) is 4.90 Å². The number of fused-ring (bicyclic) bond motifs is 1. The van der Waals surface area contributed by atoms with E-state index in [2.05, 4.69) is 12.2 Å². The summed E-state index contributed by atoms with van der Waals surface area (Å²) in [5, 5.41) is 3.80. The maximum absolute atomic E-state index is 13.5. The summed E-state index contributed by atoms with van der Waals surface area (Å²) in [6, 6.07) is 9.23. The van der Waals surface area contributed by atoms with E-state index >= 15 is 0 Å². The lowest BCUT2D eigenvalue weighted by Gasteiger charge is -2.23. The first-order valence-corrected chi connectivity index (χ1v) is 11.3. The molecule has 1 fully saturated rings. The first-order valence-electron chi connectivity index (χ1n) is 10.4. The molecule has 1 atom stereocenters. The van der Waals surface area contributed by atoms with Gasteiger partial charge in [-0.3, -0.25) is 9.59 Å². The van der Waals surface area contributed by atoms with Gasteiger partial charge in [0.2, 0.25) is 0 Å². The van der Waals surface area contributed by atoms with Crippen LogP contribution in [-0.2, 0) is 12.8 Å². The lowest BCUT2D eigenvalue weighted by molar-refractivity contribution is 0.0761. The van der Waals surface area contributed by atoms with Crippen LogP contribution in [0.15, 0.2) is 30.3 Å². The highest BCUT2D eigenvalue weighted by Gasteiger charge is 2.31. The molecule has 4 nitrogen and oxygen atoms in total. The molecule has 2 amide bonds. The van der Waals surface area contributed by atoms with Crippen LogP contribution in [0.1, 0.15) is 70.2 Å². The largest absolute Gasteiger partial charge is 0.339 e. The molecule has 1 saturated heterocycles. The standard InChI is InChI=1S/C23H28N2O2S/c1-16-11-12-18-19(15-16)28-22(24-21(26)17-9-5-4-6-10-17)20(18)23(27)25-13-7-2-3-8-14-25/h4-6,9-10,16H,2-3,7-8,11-15H2,1H3,(H,24,26)/t16-/m1/s1. The molecule has 0 radical (unpaired) electrons. The summed E-state index contributed by atoms with van der Waals surface area (Å²) in [4.78, 5) is 29.5. The number of nitrogens with zero attached hydrogens (tertiary/aromatic N) is 1. The van der Waals surface area contributed by atoms with E-state index in [0.29, 0.717) is 11.5 Å². The number of carbonyl (C=O) groups excluding carboxylic acids is 2. The van der Waals surface area contributed by atoms with Crippen molar-refractivity contribution in [2.75, 3.05) is 18.4 Å². The van der Waals surface area contributed by atoms with Crippen LogP contribution >= 0.6 is 11.3 Å². The molecule has 1 N–H and O–H groups in total. The molecule has 1 aliphatic heterocycles. The summed E-state index contributed by atoms with van der Waals surface area (Å²) in [5.74, 6) is 0.597. The summed E-state index contributed by atoms with van der Waals surface area (Å²) in [5.41, 5.74) is 2.56. The maximum atomic E-state index is 13.5. The second kappa shape index (κ2) is 8.48. The zero-order chi connectivity index (χ0) is 19.5. The van der Waals surface area contributed by atoms with E-state index in [4.69, 9.17) is 0 Å². The third-order valence-corrected chi connectivity index (χ3v) is 7.05. The molecule has 4 rings (SSSR count). The van der Waals surface area contributed by atoms with Gasteiger partial charge in [-0.15, -0.1) is 11.3 Å². The molecule has 1 aromatic carbocycles. The first-order chi connectivity index (χ1) is 13.6. The fraction of sp³-hybridized carbons (Fsp3) is 0.478. The highest BCUT2D eigenvalue weighted by atomic mass is 32.1. The van der Waals surface area contributed by atoms with Crippen LogP contribution < -0.4 is 5.32 Å². The van der Waals surface area contributed by atoms with Crippen molar-refractivity contribution in [3.63, 3.8) is 0 Å². The number of rotatable bonds is 3. The summed E-state index contributed by atoms with van der Waals surface area (Å²) in [7, 11) is 0. The van der Waals surface area contributed by atoms with E-state index in [1.165, 1.54) is 23.3 Å². The number of benzene rings is 1. The molecule has 2 aliphatic rings. The summed E-state index contributed by atoms with van der Waals surface area (Å²) < 4.78 is 0. The van der Waals surface area contributed by atoms with E-state index < -0.39 is 0 Å². The van der Waals surface area contributed by atoms with Gasteiger partial charge >= 0.3 is 0 Å². The second-order valence-corrected chi connectivity index (χ2v) is 9.19. The fourth-order valence-electron chi connectivity index (χ4n) is 4.26. The van der Waals surface area contributed by atoms with Crippen LogP contribution in [0.4, 0.5) is 5.00 Å². The van der Waals surface area contributed by atoms with Crippen molar-refractivity contribution < 1.29 is 9.59 Å². The molecule has 2 aromatic rings. The predicted molar refractivity (Wildman–Crippen MR) is 114 cm³/mol. The van der Waals surface area contributed by atoms with Gasteiger partial charge in [-0.25, -0.2) is 0 Å². The fourth-order valence-corrected chi connectivity index (χ4v) is 5.66. The van der Waals surface area contributed by atoms with Crippen molar-refractivity contribution >= 4 is 28.2 Å². The Hall–Kier alpha value is -2.14. The van der Waals surface area contributed by atoms with E-state index in [0.717, 1.165) is 55.8 Å². The van der Waals surface area contributed by atoms with E-state index in [1.807, 2.05) is 23.1 Å². The molecular formula is C23H28N2O2S. The molecule has 0 bridgehead atoms. The molecule has 0 unspecified atom stereocenters. The molecule has 1 aliphatic carbocycles. The van der Waals surface area contributed by atoms with Crippen LogP contribution in [-0.4, -0.2) is 29.8 Å². The minimum absolute atomic E-state index is 0.109. The average Bonchev–Trinajstić information content (AvgIpc) is 2.87. The van der Waals surface area contributed by atoms with Gasteiger partial charge in [-0.2, -0.15) is 0 Å². The zero-order valence-electron chi connectivity index (χ0n) is 16.5. The van der Waals surface area contributed by atoms with Crippen molar-refractivity contribution in [2.24, 2.45) is 5.92 Å². The van der Waals surface area contributed by atoms with Gasteiger partial charge in [0, 0.05) is 23.5 Å². The number of amides is 2. The smallest absolute Gasteiger partial charge is 0.257 e. The number of nitrogens with one attached hydrogen (secondary N) is 1. The maximum Gasteiger partial charge on any atom is 0.257 e. The number of carbonyl (C=O) groups is 2. The highest BCUT2D eigenvalue weighted by molar-refractivity contribution is 7.17. The van der Waals surface area contributed by atoms with E-state index in [-0.39, 0.29) is 11.8 Å². The number of hydrogen-bond donors (Lipinski definition) is 1. The summed E-state index contributed by atoms with van der Waals surface area (Å²) in [6.07, 6.45) is 7.57. The van der Waals surface area contributed by atoms with E-state index in [9.17, 15) is 9.59 Å². The number of thiophene rings is 1. The van der Waals surface area contributed by atoms with Crippen LogP contribution in [0.5, 0.6) is 0 Å². The summed E-state index contributed by atoms with van der Waals surface area (Å²) >= 11 is 1.61. The lowest BCUT2D eigenvalue weighted by Crippen LogP contribution is -2.33. The monoisotopic (exact) mass is 396 g/mol. The third-order valence-electron chi connectivity index (χ3n) is 5.88. The Labute approximate surface area is 170 Å². The molecule has 0 saturated carbocycles. The van der Waals surface area contributed by atoms with Crippen molar-refractivity contribution in [1.29, 1.82) is 0 Å². The third kappa shape index (κ3) is 4.00. The van der Waals surface area contributed by atoms with E-state index in [1.54, 1.807) is 23.5 Å². The lowest BCUT2D eigenvalue weighted by atomic mass is 9.88. The average molecular weight is 397 g/mol. The Balaban J connectivity index is 1.67. The van der Waals surface area contributed by atoms with Crippen molar-refractivity contribution in [2.45, 2.75) is 51.9 Å². The Morgan fingerprint density at radius 3 is 2.50 bits per heavy atom. The Morgan fingerprint density at radius 1 is 1.07 bits per heavy atom. The Kier molecular flexibility index (Phi) is 5.81. The van der Waals surface area contributed by atoms with Crippen molar-refractivity contribution in [3.05, 3.63) is 51.9 Å². The molecule has 5 heteroatoms. The number of anilines is 1. The quantitative estimate of drug-likeness (QED) is 0.781. The number of hydrogen-bond acceptors (Lipinski definition) is 3. The SMILES string of the molecule is C[C@@H]1CCc2c(sc(NC(=O)c3ccccc3)c2C(=O)N2CCCCCC2)C1. The Morgan fingerprint density at radius 2 is 1.79 bits per heavy atom. The zero-order valence-corrected chi connectivity index (χ0v) is 17.3. The highest BCUT2D eigenvalue weighted by Crippen LogP contribution is 2.40. The molecular weight excluding hydrogens is 368 g/mol. The van der Waals surface area contributed by atoms with Crippen LogP contribution in [0.2, 0.25) is 0 Å². The normalized spacial score (nSPS) is 19.6. The number of likely N-dealkylation sites (tertiary alicyclic amines) is 1. The minimum atomic E-state index is -0.142. The van der Waals surface area contributed by atoms with Gasteiger partial charge in [0.05, 0.1) is 5.56 Å². The molecule has 28 heavy (non-hydrogen) atoms.